The second-order valence-corrected chi connectivity index (χ2v) is 5.01. The van der Waals surface area contributed by atoms with Crippen LogP contribution in [0, 0.1) is 6.92 Å². The Morgan fingerprint density at radius 1 is 1.10 bits per heavy atom. The highest BCUT2D eigenvalue weighted by molar-refractivity contribution is 5.94. The van der Waals surface area contributed by atoms with Gasteiger partial charge in [0.15, 0.2) is 0 Å². The molecule has 0 unspecified atom stereocenters. The number of nitrogens with two attached hydrogens (primary N) is 1. The first kappa shape index (κ1) is 14.3. The van der Waals surface area contributed by atoms with E-state index in [1.54, 1.807) is 12.1 Å². The second kappa shape index (κ2) is 6.35. The molecule has 1 atom stereocenters. The van der Waals surface area contributed by atoms with Crippen LogP contribution in [0.2, 0.25) is 0 Å². The summed E-state index contributed by atoms with van der Waals surface area (Å²) in [6.07, 6.45) is 0. The van der Waals surface area contributed by atoms with Crippen LogP contribution >= 0.6 is 0 Å². The van der Waals surface area contributed by atoms with Gasteiger partial charge in [-0.05, 0) is 37.1 Å². The summed E-state index contributed by atoms with van der Waals surface area (Å²) in [5.41, 5.74) is 9.53. The van der Waals surface area contributed by atoms with E-state index >= 15 is 0 Å². The van der Waals surface area contributed by atoms with E-state index in [1.807, 2.05) is 50.2 Å². The molecule has 0 bridgehead atoms. The predicted molar refractivity (Wildman–Crippen MR) is 81.4 cm³/mol. The van der Waals surface area contributed by atoms with Crippen LogP contribution in [-0.4, -0.2) is 5.91 Å². The van der Waals surface area contributed by atoms with E-state index in [9.17, 15) is 4.79 Å². The molecule has 0 radical (unpaired) electrons. The highest BCUT2D eigenvalue weighted by atomic mass is 16.1. The molecule has 3 N–H and O–H groups in total. The minimum atomic E-state index is -0.0679. The molecule has 104 valence electrons. The molecule has 0 aromatic heterocycles. The molecule has 3 heteroatoms. The van der Waals surface area contributed by atoms with Gasteiger partial charge < -0.3 is 11.1 Å². The monoisotopic (exact) mass is 268 g/mol. The van der Waals surface area contributed by atoms with Gasteiger partial charge in [0.25, 0.3) is 5.91 Å². The van der Waals surface area contributed by atoms with Gasteiger partial charge in [-0.15, -0.1) is 0 Å². The molecule has 3 nitrogen and oxygen atoms in total. The van der Waals surface area contributed by atoms with E-state index in [0.29, 0.717) is 12.1 Å². The van der Waals surface area contributed by atoms with E-state index in [1.165, 1.54) is 5.56 Å². The zero-order valence-electron chi connectivity index (χ0n) is 11.9. The van der Waals surface area contributed by atoms with Gasteiger partial charge in [0.2, 0.25) is 0 Å². The number of aryl methyl sites for hydroxylation is 1. The largest absolute Gasteiger partial charge is 0.346 e. The van der Waals surface area contributed by atoms with Crippen LogP contribution in [0.25, 0.3) is 0 Å². The zero-order chi connectivity index (χ0) is 14.5. The third-order valence-electron chi connectivity index (χ3n) is 3.38. The van der Waals surface area contributed by atoms with Crippen LogP contribution < -0.4 is 11.1 Å². The Kier molecular flexibility index (Phi) is 4.53. The van der Waals surface area contributed by atoms with Crippen molar-refractivity contribution < 1.29 is 4.79 Å². The summed E-state index contributed by atoms with van der Waals surface area (Å²) >= 11 is 0. The van der Waals surface area contributed by atoms with E-state index in [2.05, 4.69) is 5.32 Å². The zero-order valence-corrected chi connectivity index (χ0v) is 11.9. The molecule has 0 spiro atoms. The maximum absolute atomic E-state index is 12.2. The van der Waals surface area contributed by atoms with Crippen LogP contribution in [-0.2, 0) is 6.54 Å². The molecular formula is C17H20N2O. The third kappa shape index (κ3) is 3.45. The molecule has 2 aromatic carbocycles. The topological polar surface area (TPSA) is 55.1 Å². The Labute approximate surface area is 119 Å². The quantitative estimate of drug-likeness (QED) is 0.895. The van der Waals surface area contributed by atoms with Crippen LogP contribution in [0.4, 0.5) is 0 Å². The summed E-state index contributed by atoms with van der Waals surface area (Å²) < 4.78 is 0. The van der Waals surface area contributed by atoms with Crippen molar-refractivity contribution >= 4 is 5.91 Å². The fourth-order valence-corrected chi connectivity index (χ4v) is 2.01. The van der Waals surface area contributed by atoms with E-state index in [4.69, 9.17) is 5.73 Å². The Balaban J connectivity index is 2.04. The Hall–Kier alpha value is -2.13. The van der Waals surface area contributed by atoms with Crippen molar-refractivity contribution in [2.45, 2.75) is 26.4 Å². The maximum Gasteiger partial charge on any atom is 0.251 e. The Morgan fingerprint density at radius 2 is 1.70 bits per heavy atom. The number of carbonyl (C=O) groups is 1. The Morgan fingerprint density at radius 3 is 2.25 bits per heavy atom. The minimum Gasteiger partial charge on any atom is -0.346 e. The maximum atomic E-state index is 12.2. The van der Waals surface area contributed by atoms with Crippen LogP contribution in [0.3, 0.4) is 0 Å². The lowest BCUT2D eigenvalue weighted by Gasteiger charge is -2.14. The summed E-state index contributed by atoms with van der Waals surface area (Å²) in [7, 11) is 0. The molecule has 0 aliphatic carbocycles. The van der Waals surface area contributed by atoms with Gasteiger partial charge >= 0.3 is 0 Å². The fraction of sp³-hybridized carbons (Fsp3) is 0.235. The number of hydrogen-bond donors (Lipinski definition) is 2. The molecule has 20 heavy (non-hydrogen) atoms. The number of benzene rings is 2. The lowest BCUT2D eigenvalue weighted by Crippen LogP contribution is -2.26. The summed E-state index contributed by atoms with van der Waals surface area (Å²) in [6, 6.07) is 15.5. The van der Waals surface area contributed by atoms with Gasteiger partial charge in [-0.25, -0.2) is 0 Å². The summed E-state index contributed by atoms with van der Waals surface area (Å²) in [5, 5.41) is 3.00. The van der Waals surface area contributed by atoms with Gasteiger partial charge in [-0.3, -0.25) is 4.79 Å². The lowest BCUT2D eigenvalue weighted by molar-refractivity contribution is 0.0940. The number of amides is 1. The molecule has 0 aliphatic heterocycles. The third-order valence-corrected chi connectivity index (χ3v) is 3.38. The highest BCUT2D eigenvalue weighted by Crippen LogP contribution is 2.14. The van der Waals surface area contributed by atoms with Gasteiger partial charge in [0.1, 0.15) is 0 Å². The van der Waals surface area contributed by atoms with Crippen molar-refractivity contribution in [3.8, 4) is 0 Å². The highest BCUT2D eigenvalue weighted by Gasteiger charge is 2.11. The molecule has 0 fully saturated rings. The van der Waals surface area contributed by atoms with Gasteiger partial charge in [-0.2, -0.15) is 0 Å². The molecular weight excluding hydrogens is 248 g/mol. The fourth-order valence-electron chi connectivity index (χ4n) is 2.01. The first-order valence-electron chi connectivity index (χ1n) is 6.76. The van der Waals surface area contributed by atoms with Crippen molar-refractivity contribution in [3.05, 3.63) is 70.8 Å². The number of rotatable bonds is 4. The van der Waals surface area contributed by atoms with Crippen molar-refractivity contribution in [3.63, 3.8) is 0 Å². The van der Waals surface area contributed by atoms with Gasteiger partial charge in [-0.1, -0.05) is 42.0 Å². The molecule has 2 aromatic rings. The molecule has 0 saturated heterocycles. The van der Waals surface area contributed by atoms with Crippen molar-refractivity contribution in [2.24, 2.45) is 5.73 Å². The summed E-state index contributed by atoms with van der Waals surface area (Å²) in [6.45, 7) is 4.52. The first-order chi connectivity index (χ1) is 9.60. The van der Waals surface area contributed by atoms with E-state index in [0.717, 1.165) is 11.1 Å². The number of hydrogen-bond acceptors (Lipinski definition) is 2. The van der Waals surface area contributed by atoms with Gasteiger partial charge in [0, 0.05) is 12.1 Å². The first-order valence-corrected chi connectivity index (χ1v) is 6.76. The Bertz CT molecular complexity index is 573. The van der Waals surface area contributed by atoms with Crippen LogP contribution in [0.15, 0.2) is 48.5 Å². The smallest absolute Gasteiger partial charge is 0.251 e. The number of carbonyl (C=O) groups excluding carboxylic acids is 1. The number of nitrogens with one attached hydrogen (secondary N) is 1. The molecule has 2 rings (SSSR count). The molecule has 1 amide bonds. The standard InChI is InChI=1S/C17H20N2O/c1-12-3-7-15(8-4-12)13(2)19-17(20)16-9-5-14(11-18)6-10-16/h3-10,13H,11,18H2,1-2H3,(H,19,20)/t13-/m1/s1. The van der Waals surface area contributed by atoms with Crippen LogP contribution in [0.1, 0.15) is 40.0 Å². The summed E-state index contributed by atoms with van der Waals surface area (Å²) in [5.74, 6) is -0.0679. The lowest BCUT2D eigenvalue weighted by atomic mass is 10.1. The van der Waals surface area contributed by atoms with Crippen molar-refractivity contribution in [1.82, 2.24) is 5.32 Å². The molecule has 0 heterocycles. The predicted octanol–water partition coefficient (Wildman–Crippen LogP) is 2.94. The van der Waals surface area contributed by atoms with E-state index in [-0.39, 0.29) is 11.9 Å². The minimum absolute atomic E-state index is 0.0164. The average Bonchev–Trinajstić information content (AvgIpc) is 2.48. The second-order valence-electron chi connectivity index (χ2n) is 5.01. The normalized spacial score (nSPS) is 11.9. The van der Waals surface area contributed by atoms with Crippen molar-refractivity contribution in [1.29, 1.82) is 0 Å². The molecule has 0 saturated carbocycles. The SMILES string of the molecule is Cc1ccc([C@@H](C)NC(=O)c2ccc(CN)cc2)cc1. The molecule has 0 aliphatic rings. The summed E-state index contributed by atoms with van der Waals surface area (Å²) in [4.78, 5) is 12.2. The average molecular weight is 268 g/mol. The van der Waals surface area contributed by atoms with Crippen molar-refractivity contribution in [2.75, 3.05) is 0 Å². The van der Waals surface area contributed by atoms with Gasteiger partial charge in [0.05, 0.1) is 6.04 Å². The van der Waals surface area contributed by atoms with E-state index < -0.39 is 0 Å². The van der Waals surface area contributed by atoms with Crippen LogP contribution in [0.5, 0.6) is 0 Å².